The second kappa shape index (κ2) is 6.47. The van der Waals surface area contributed by atoms with Gasteiger partial charge in [0.2, 0.25) is 5.91 Å². The summed E-state index contributed by atoms with van der Waals surface area (Å²) in [6.45, 7) is 3.88. The van der Waals surface area contributed by atoms with E-state index in [1.807, 2.05) is 18.4 Å². The number of rotatable bonds is 6. The van der Waals surface area contributed by atoms with Gasteiger partial charge in [-0.1, -0.05) is 13.3 Å². The van der Waals surface area contributed by atoms with Crippen LogP contribution in [0.3, 0.4) is 0 Å². The molecule has 0 aliphatic rings. The zero-order valence-electron chi connectivity index (χ0n) is 11.4. The fourth-order valence-electron chi connectivity index (χ4n) is 1.86. The number of tetrazole rings is 1. The minimum Gasteiger partial charge on any atom is -0.352 e. The molecule has 20 heavy (non-hydrogen) atoms. The number of amides is 1. The fourth-order valence-corrected chi connectivity index (χ4v) is 2.53. The first-order chi connectivity index (χ1) is 9.61. The predicted molar refractivity (Wildman–Crippen MR) is 76.0 cm³/mol. The van der Waals surface area contributed by atoms with E-state index in [0.29, 0.717) is 5.00 Å². The molecule has 1 N–H and O–H groups in total. The molecule has 0 radical (unpaired) electrons. The lowest BCUT2D eigenvalue weighted by Crippen LogP contribution is -2.37. The lowest BCUT2D eigenvalue weighted by Gasteiger charge is -2.11. The number of nitrogens with zero attached hydrogens (tertiary/aromatic N) is 4. The molecule has 2 rings (SSSR count). The Morgan fingerprint density at radius 2 is 2.30 bits per heavy atom. The third kappa shape index (κ3) is 3.32. The summed E-state index contributed by atoms with van der Waals surface area (Å²) in [5.41, 5.74) is -0.411. The van der Waals surface area contributed by atoms with Crippen LogP contribution in [-0.4, -0.2) is 31.7 Å². The second-order valence-electron chi connectivity index (χ2n) is 4.54. The molecule has 1 unspecified atom stereocenters. The van der Waals surface area contributed by atoms with Crippen LogP contribution in [0, 0.1) is 0 Å². The minimum atomic E-state index is -0.411. The molecule has 0 saturated heterocycles. The molecule has 108 valence electrons. The molecule has 1 amide bonds. The summed E-state index contributed by atoms with van der Waals surface area (Å²) in [7, 11) is 0. The molecular weight excluding hydrogens is 278 g/mol. The first-order valence-corrected chi connectivity index (χ1v) is 7.36. The highest BCUT2D eigenvalue weighted by Crippen LogP contribution is 2.10. The van der Waals surface area contributed by atoms with Crippen LogP contribution >= 0.6 is 11.3 Å². The molecule has 0 fully saturated rings. The van der Waals surface area contributed by atoms with Crippen molar-refractivity contribution in [1.82, 2.24) is 25.1 Å². The third-order valence-corrected chi connectivity index (χ3v) is 3.62. The van der Waals surface area contributed by atoms with Crippen LogP contribution in [0.4, 0.5) is 0 Å². The molecule has 0 aliphatic carbocycles. The molecule has 2 aromatic rings. The minimum absolute atomic E-state index is 0.0931. The summed E-state index contributed by atoms with van der Waals surface area (Å²) in [6, 6.07) is 3.69. The molecule has 0 bridgehead atoms. The van der Waals surface area contributed by atoms with E-state index >= 15 is 0 Å². The van der Waals surface area contributed by atoms with Crippen molar-refractivity contribution in [2.45, 2.75) is 39.3 Å². The van der Waals surface area contributed by atoms with Gasteiger partial charge in [0.15, 0.2) is 0 Å². The van der Waals surface area contributed by atoms with Crippen LogP contribution < -0.4 is 11.0 Å². The molecule has 0 saturated carbocycles. The van der Waals surface area contributed by atoms with Crippen LogP contribution in [0.2, 0.25) is 0 Å². The zero-order valence-corrected chi connectivity index (χ0v) is 12.3. The molecule has 7 nitrogen and oxygen atoms in total. The maximum atomic E-state index is 12.0. The van der Waals surface area contributed by atoms with Crippen molar-refractivity contribution in [3.8, 4) is 5.00 Å². The van der Waals surface area contributed by atoms with E-state index < -0.39 is 5.69 Å². The summed E-state index contributed by atoms with van der Waals surface area (Å²) in [5.74, 6) is -0.230. The largest absolute Gasteiger partial charge is 0.369 e. The topological polar surface area (TPSA) is 81.8 Å². The first-order valence-electron chi connectivity index (χ1n) is 6.48. The fraction of sp³-hybridized carbons (Fsp3) is 0.500. The van der Waals surface area contributed by atoms with Crippen LogP contribution in [0.15, 0.2) is 22.3 Å². The van der Waals surface area contributed by atoms with Crippen molar-refractivity contribution < 1.29 is 4.79 Å². The average Bonchev–Trinajstić information content (AvgIpc) is 3.00. The summed E-state index contributed by atoms with van der Waals surface area (Å²) >= 11 is 1.39. The highest BCUT2D eigenvalue weighted by Gasteiger charge is 2.13. The highest BCUT2D eigenvalue weighted by molar-refractivity contribution is 7.12. The molecule has 0 aliphatic heterocycles. The molecule has 2 heterocycles. The Balaban J connectivity index is 2.04. The number of nitrogens with one attached hydrogen (secondary N) is 1. The van der Waals surface area contributed by atoms with Gasteiger partial charge < -0.3 is 5.32 Å². The van der Waals surface area contributed by atoms with E-state index in [4.69, 9.17) is 0 Å². The Kier molecular flexibility index (Phi) is 4.67. The smallest absolute Gasteiger partial charge is 0.352 e. The molecule has 0 aromatic carbocycles. The Bertz CT molecular complexity index is 616. The number of carbonyl (C=O) groups is 1. The normalized spacial score (nSPS) is 12.3. The Labute approximate surface area is 120 Å². The van der Waals surface area contributed by atoms with Gasteiger partial charge in [0, 0.05) is 6.04 Å². The van der Waals surface area contributed by atoms with Crippen molar-refractivity contribution in [3.63, 3.8) is 0 Å². The SMILES string of the molecule is CCCC(C)NC(=O)Cn1nnn(-c2cccs2)c1=O. The monoisotopic (exact) mass is 295 g/mol. The van der Waals surface area contributed by atoms with Crippen LogP contribution in [0.1, 0.15) is 26.7 Å². The highest BCUT2D eigenvalue weighted by atomic mass is 32.1. The number of hydrogen-bond acceptors (Lipinski definition) is 5. The second-order valence-corrected chi connectivity index (χ2v) is 5.47. The van der Waals surface area contributed by atoms with Crippen LogP contribution in [0.5, 0.6) is 0 Å². The summed E-state index contributed by atoms with van der Waals surface area (Å²) < 4.78 is 2.25. The molecule has 1 atom stereocenters. The van der Waals surface area contributed by atoms with E-state index in [1.165, 1.54) is 16.0 Å². The van der Waals surface area contributed by atoms with Crippen LogP contribution in [-0.2, 0) is 11.3 Å². The maximum absolute atomic E-state index is 12.0. The van der Waals surface area contributed by atoms with Gasteiger partial charge in [-0.05, 0) is 41.3 Å². The van der Waals surface area contributed by atoms with Gasteiger partial charge in [-0.3, -0.25) is 4.79 Å². The van der Waals surface area contributed by atoms with E-state index in [-0.39, 0.29) is 18.5 Å². The van der Waals surface area contributed by atoms with Gasteiger partial charge in [-0.2, -0.15) is 9.36 Å². The van der Waals surface area contributed by atoms with Crippen molar-refractivity contribution in [2.75, 3.05) is 0 Å². The standard InChI is InChI=1S/C12H17N5O2S/c1-3-5-9(2)13-10(18)8-16-12(19)17(15-14-16)11-6-4-7-20-11/h4,6-7,9H,3,5,8H2,1-2H3,(H,13,18). The van der Waals surface area contributed by atoms with Crippen molar-refractivity contribution in [1.29, 1.82) is 0 Å². The lowest BCUT2D eigenvalue weighted by molar-refractivity contribution is -0.122. The van der Waals surface area contributed by atoms with Gasteiger partial charge in [-0.15, -0.1) is 11.3 Å². The van der Waals surface area contributed by atoms with Crippen molar-refractivity contribution in [3.05, 3.63) is 28.0 Å². The van der Waals surface area contributed by atoms with Gasteiger partial charge in [0.1, 0.15) is 11.5 Å². The van der Waals surface area contributed by atoms with Gasteiger partial charge in [0.25, 0.3) is 0 Å². The Morgan fingerprint density at radius 3 is 2.95 bits per heavy atom. The zero-order chi connectivity index (χ0) is 14.5. The molecular formula is C12H17N5O2S. The van der Waals surface area contributed by atoms with E-state index in [1.54, 1.807) is 6.07 Å². The maximum Gasteiger partial charge on any atom is 0.369 e. The third-order valence-electron chi connectivity index (χ3n) is 2.78. The molecule has 8 heteroatoms. The summed E-state index contributed by atoms with van der Waals surface area (Å²) in [4.78, 5) is 23.8. The van der Waals surface area contributed by atoms with Gasteiger partial charge in [0.05, 0.1) is 0 Å². The Morgan fingerprint density at radius 1 is 1.50 bits per heavy atom. The quantitative estimate of drug-likeness (QED) is 0.854. The number of carbonyl (C=O) groups excluding carboxylic acids is 1. The van der Waals surface area contributed by atoms with E-state index in [9.17, 15) is 9.59 Å². The van der Waals surface area contributed by atoms with Gasteiger partial charge in [-0.25, -0.2) is 4.79 Å². The first kappa shape index (κ1) is 14.4. The van der Waals surface area contributed by atoms with Crippen LogP contribution in [0.25, 0.3) is 5.00 Å². The van der Waals surface area contributed by atoms with Gasteiger partial charge >= 0.3 is 5.69 Å². The van der Waals surface area contributed by atoms with Crippen molar-refractivity contribution >= 4 is 17.2 Å². The lowest BCUT2D eigenvalue weighted by atomic mass is 10.2. The summed E-state index contributed by atoms with van der Waals surface area (Å²) in [5, 5.41) is 12.9. The average molecular weight is 295 g/mol. The number of aromatic nitrogens is 4. The Hall–Kier alpha value is -1.96. The molecule has 2 aromatic heterocycles. The van der Waals surface area contributed by atoms with Crippen molar-refractivity contribution in [2.24, 2.45) is 0 Å². The van der Waals surface area contributed by atoms with E-state index in [2.05, 4.69) is 22.7 Å². The predicted octanol–water partition coefficient (Wildman–Crippen LogP) is 0.795. The summed E-state index contributed by atoms with van der Waals surface area (Å²) in [6.07, 6.45) is 1.90. The number of thiophene rings is 1. The van der Waals surface area contributed by atoms with E-state index in [0.717, 1.165) is 17.5 Å². The molecule has 0 spiro atoms. The number of hydrogen-bond donors (Lipinski definition) is 1.